The van der Waals surface area contributed by atoms with Gasteiger partial charge in [-0.1, -0.05) is 23.7 Å². The molecule has 0 bridgehead atoms. The predicted octanol–water partition coefficient (Wildman–Crippen LogP) is 3.14. The van der Waals surface area contributed by atoms with E-state index in [4.69, 9.17) is 11.6 Å². The lowest BCUT2D eigenvalue weighted by Gasteiger charge is -2.36. The molecule has 0 atom stereocenters. The van der Waals surface area contributed by atoms with Crippen LogP contribution in [-0.2, 0) is 11.3 Å². The van der Waals surface area contributed by atoms with Gasteiger partial charge in [0.15, 0.2) is 5.43 Å². The van der Waals surface area contributed by atoms with E-state index in [1.165, 1.54) is 12.1 Å². The van der Waals surface area contributed by atoms with Crippen LogP contribution in [-0.4, -0.2) is 41.6 Å². The first-order chi connectivity index (χ1) is 13.5. The molecule has 0 radical (unpaired) electrons. The number of carbonyl (C=O) groups is 1. The highest BCUT2D eigenvalue weighted by atomic mass is 35.5. The summed E-state index contributed by atoms with van der Waals surface area (Å²) in [6.07, 6.45) is 1.62. The van der Waals surface area contributed by atoms with Crippen molar-refractivity contribution in [2.75, 3.05) is 31.1 Å². The summed E-state index contributed by atoms with van der Waals surface area (Å²) in [5.41, 5.74) is 1.10. The number of anilines is 1. The van der Waals surface area contributed by atoms with Gasteiger partial charge in [-0.25, -0.2) is 4.39 Å². The third-order valence-corrected chi connectivity index (χ3v) is 5.31. The maximum Gasteiger partial charge on any atom is 0.242 e. The molecule has 1 aliphatic heterocycles. The molecule has 1 fully saturated rings. The van der Waals surface area contributed by atoms with Crippen LogP contribution in [0, 0.1) is 5.82 Å². The van der Waals surface area contributed by atoms with Crippen LogP contribution >= 0.6 is 11.6 Å². The molecule has 0 spiro atoms. The molecule has 5 nitrogen and oxygen atoms in total. The molecule has 1 amide bonds. The Morgan fingerprint density at radius 3 is 2.54 bits per heavy atom. The second kappa shape index (κ2) is 7.64. The van der Waals surface area contributed by atoms with Gasteiger partial charge < -0.3 is 14.4 Å². The largest absolute Gasteiger partial charge is 0.366 e. The minimum Gasteiger partial charge on any atom is -0.366 e. The van der Waals surface area contributed by atoms with Crippen LogP contribution in [0.25, 0.3) is 10.9 Å². The van der Waals surface area contributed by atoms with Gasteiger partial charge in [0, 0.05) is 48.9 Å². The van der Waals surface area contributed by atoms with Crippen LogP contribution in [0.2, 0.25) is 5.02 Å². The minimum atomic E-state index is -0.251. The van der Waals surface area contributed by atoms with Gasteiger partial charge in [-0.3, -0.25) is 9.59 Å². The summed E-state index contributed by atoms with van der Waals surface area (Å²) in [7, 11) is 0. The van der Waals surface area contributed by atoms with Crippen LogP contribution in [0.3, 0.4) is 0 Å². The third-order valence-electron chi connectivity index (χ3n) is 5.07. The smallest absolute Gasteiger partial charge is 0.242 e. The maximum absolute atomic E-state index is 14.0. The Hall–Kier alpha value is -2.86. The summed E-state index contributed by atoms with van der Waals surface area (Å²) in [5.74, 6) is -0.294. The van der Waals surface area contributed by atoms with Crippen LogP contribution in [0.15, 0.2) is 59.5 Å². The van der Waals surface area contributed by atoms with E-state index in [0.717, 1.165) is 0 Å². The molecule has 0 saturated carbocycles. The number of hydrogen-bond donors (Lipinski definition) is 0. The minimum absolute atomic E-state index is 0.0434. The number of rotatable bonds is 3. The van der Waals surface area contributed by atoms with E-state index in [2.05, 4.69) is 0 Å². The number of piperazine rings is 1. The fourth-order valence-electron chi connectivity index (χ4n) is 3.57. The van der Waals surface area contributed by atoms with Crippen LogP contribution in [0.4, 0.5) is 10.1 Å². The van der Waals surface area contributed by atoms with Gasteiger partial charge in [0.1, 0.15) is 12.4 Å². The lowest BCUT2D eigenvalue weighted by Crippen LogP contribution is -2.49. The number of para-hydroxylation sites is 1. The second-order valence-electron chi connectivity index (χ2n) is 6.79. The van der Waals surface area contributed by atoms with Crippen LogP contribution < -0.4 is 10.3 Å². The number of amides is 1. The Morgan fingerprint density at radius 1 is 1.04 bits per heavy atom. The maximum atomic E-state index is 14.0. The van der Waals surface area contributed by atoms with Crippen molar-refractivity contribution in [3.8, 4) is 0 Å². The molecule has 7 heteroatoms. The molecule has 1 aliphatic rings. The summed E-state index contributed by atoms with van der Waals surface area (Å²) in [5, 5.41) is 1.04. The summed E-state index contributed by atoms with van der Waals surface area (Å²) < 4.78 is 15.7. The molecule has 2 aromatic carbocycles. The highest BCUT2D eigenvalue weighted by Gasteiger charge is 2.23. The number of hydrogen-bond acceptors (Lipinski definition) is 3. The van der Waals surface area contributed by atoms with E-state index >= 15 is 0 Å². The van der Waals surface area contributed by atoms with Gasteiger partial charge in [-0.15, -0.1) is 0 Å². The average Bonchev–Trinajstić information content (AvgIpc) is 2.70. The number of aromatic nitrogens is 1. The number of pyridine rings is 1. The highest BCUT2D eigenvalue weighted by Crippen LogP contribution is 2.21. The molecule has 0 N–H and O–H groups in total. The Morgan fingerprint density at radius 2 is 1.79 bits per heavy atom. The molecule has 3 aromatic rings. The standard InChI is InChI=1S/C21H19ClFN3O2/c22-15-5-6-16-19(13-15)26(8-7-20(16)27)14-21(28)25-11-9-24(10-12-25)18-4-2-1-3-17(18)23/h1-8,13H,9-12,14H2. The molecule has 1 aromatic heterocycles. The molecule has 0 aliphatic carbocycles. The van der Waals surface area contributed by atoms with Crippen molar-refractivity contribution in [1.82, 2.24) is 9.47 Å². The third kappa shape index (κ3) is 3.60. The molecular weight excluding hydrogens is 381 g/mol. The first-order valence-corrected chi connectivity index (χ1v) is 9.47. The summed E-state index contributed by atoms with van der Waals surface area (Å²) in [6, 6.07) is 13.2. The Labute approximate surface area is 166 Å². The average molecular weight is 400 g/mol. The van der Waals surface area contributed by atoms with Crippen molar-refractivity contribution >= 4 is 34.1 Å². The van der Waals surface area contributed by atoms with Crippen molar-refractivity contribution in [3.05, 3.63) is 75.8 Å². The van der Waals surface area contributed by atoms with Crippen LogP contribution in [0.1, 0.15) is 0 Å². The zero-order valence-electron chi connectivity index (χ0n) is 15.1. The normalized spacial score (nSPS) is 14.5. The topological polar surface area (TPSA) is 45.6 Å². The number of carbonyl (C=O) groups excluding carboxylic acids is 1. The van der Waals surface area contributed by atoms with Crippen molar-refractivity contribution in [3.63, 3.8) is 0 Å². The van der Waals surface area contributed by atoms with E-state index in [1.807, 2.05) is 11.0 Å². The van der Waals surface area contributed by atoms with E-state index in [0.29, 0.717) is 47.8 Å². The lowest BCUT2D eigenvalue weighted by molar-refractivity contribution is -0.132. The molecule has 2 heterocycles. The molecular formula is C21H19ClFN3O2. The zero-order valence-corrected chi connectivity index (χ0v) is 15.9. The first-order valence-electron chi connectivity index (χ1n) is 9.09. The number of nitrogens with zero attached hydrogens (tertiary/aromatic N) is 3. The predicted molar refractivity (Wildman–Crippen MR) is 108 cm³/mol. The van der Waals surface area contributed by atoms with E-state index in [1.54, 1.807) is 46.0 Å². The molecule has 4 rings (SSSR count). The molecule has 144 valence electrons. The SMILES string of the molecule is O=C(Cn1ccc(=O)c2ccc(Cl)cc21)N1CCN(c2ccccc2F)CC1. The van der Waals surface area contributed by atoms with Crippen molar-refractivity contribution in [2.24, 2.45) is 0 Å². The van der Waals surface area contributed by atoms with Gasteiger partial charge in [0.25, 0.3) is 0 Å². The van der Waals surface area contributed by atoms with Crippen LogP contribution in [0.5, 0.6) is 0 Å². The second-order valence-corrected chi connectivity index (χ2v) is 7.23. The Kier molecular flexibility index (Phi) is 5.05. The van der Waals surface area contributed by atoms with Gasteiger partial charge in [-0.2, -0.15) is 0 Å². The Balaban J connectivity index is 1.48. The fourth-order valence-corrected chi connectivity index (χ4v) is 3.73. The van der Waals surface area contributed by atoms with E-state index in [-0.39, 0.29) is 23.7 Å². The quantitative estimate of drug-likeness (QED) is 0.679. The molecule has 28 heavy (non-hydrogen) atoms. The summed E-state index contributed by atoms with van der Waals surface area (Å²) in [4.78, 5) is 28.6. The molecule has 0 unspecified atom stereocenters. The highest BCUT2D eigenvalue weighted by molar-refractivity contribution is 6.31. The van der Waals surface area contributed by atoms with Gasteiger partial charge in [0.05, 0.1) is 11.2 Å². The Bertz CT molecular complexity index is 1090. The van der Waals surface area contributed by atoms with Gasteiger partial charge in [0.2, 0.25) is 5.91 Å². The summed E-state index contributed by atoms with van der Waals surface area (Å²) in [6.45, 7) is 2.31. The van der Waals surface area contributed by atoms with E-state index in [9.17, 15) is 14.0 Å². The van der Waals surface area contributed by atoms with Gasteiger partial charge in [-0.05, 0) is 30.3 Å². The zero-order chi connectivity index (χ0) is 19.7. The first kappa shape index (κ1) is 18.5. The number of benzene rings is 2. The summed E-state index contributed by atoms with van der Waals surface area (Å²) >= 11 is 6.07. The van der Waals surface area contributed by atoms with Crippen molar-refractivity contribution in [2.45, 2.75) is 6.54 Å². The lowest BCUT2D eigenvalue weighted by atomic mass is 10.2. The van der Waals surface area contributed by atoms with E-state index < -0.39 is 0 Å². The van der Waals surface area contributed by atoms with Gasteiger partial charge >= 0.3 is 0 Å². The monoisotopic (exact) mass is 399 g/mol. The van der Waals surface area contributed by atoms with Crippen molar-refractivity contribution in [1.29, 1.82) is 0 Å². The fraction of sp³-hybridized carbons (Fsp3) is 0.238. The number of fused-ring (bicyclic) bond motifs is 1. The van der Waals surface area contributed by atoms with Crippen molar-refractivity contribution < 1.29 is 9.18 Å². The number of halogens is 2. The molecule has 1 saturated heterocycles.